The van der Waals surface area contributed by atoms with Crippen LogP contribution < -0.4 is 4.74 Å². The molecular formula is C22H23N3O6S. The molecule has 0 amide bonds. The van der Waals surface area contributed by atoms with Crippen LogP contribution in [0, 0.1) is 24.0 Å². The zero-order chi connectivity index (χ0) is 23.8. The number of hydrogen-bond acceptors (Lipinski definition) is 7. The molecule has 10 heteroatoms. The lowest BCUT2D eigenvalue weighted by Gasteiger charge is -2.22. The number of non-ortho nitro benzene ring substituents is 1. The predicted octanol–water partition coefficient (Wildman–Crippen LogP) is 4.22. The molecule has 0 saturated heterocycles. The Bertz CT molecular complexity index is 1290. The first-order valence-electron chi connectivity index (χ1n) is 9.71. The maximum absolute atomic E-state index is 13.4. The molecule has 0 aliphatic carbocycles. The molecule has 32 heavy (non-hydrogen) atoms. The summed E-state index contributed by atoms with van der Waals surface area (Å²) in [5.41, 5.74) is 0.243. The first kappa shape index (κ1) is 23.1. The van der Waals surface area contributed by atoms with Gasteiger partial charge in [-0.05, 0) is 58.9 Å². The van der Waals surface area contributed by atoms with Gasteiger partial charge in [-0.3, -0.25) is 10.1 Å². The quantitative estimate of drug-likeness (QED) is 0.319. The Balaban J connectivity index is 2.12. The number of carbonyl (C=O) groups excluding carboxylic acids is 1. The van der Waals surface area contributed by atoms with Gasteiger partial charge in [0.15, 0.2) is 4.90 Å². The Kier molecular flexibility index (Phi) is 5.92. The van der Waals surface area contributed by atoms with Crippen molar-refractivity contribution in [3.8, 4) is 5.88 Å². The molecule has 3 aromatic rings. The van der Waals surface area contributed by atoms with Gasteiger partial charge in [0, 0.05) is 12.1 Å². The maximum atomic E-state index is 13.4. The van der Waals surface area contributed by atoms with E-state index in [2.05, 4.69) is 5.10 Å². The molecule has 0 aliphatic heterocycles. The minimum Gasteiger partial charge on any atom is -0.403 e. The summed E-state index contributed by atoms with van der Waals surface area (Å²) >= 11 is 0. The number of sulfone groups is 1. The number of benzene rings is 2. The summed E-state index contributed by atoms with van der Waals surface area (Å²) in [6, 6.07) is 11.2. The van der Waals surface area contributed by atoms with Crippen molar-refractivity contribution in [1.82, 2.24) is 9.78 Å². The summed E-state index contributed by atoms with van der Waals surface area (Å²) in [6.07, 6.45) is 0. The molecule has 9 nitrogen and oxygen atoms in total. The molecule has 0 bridgehead atoms. The van der Waals surface area contributed by atoms with Crippen LogP contribution in [0.1, 0.15) is 42.4 Å². The average molecular weight is 458 g/mol. The molecule has 2 aromatic carbocycles. The Morgan fingerprint density at radius 3 is 2.09 bits per heavy atom. The van der Waals surface area contributed by atoms with Crippen LogP contribution in [0.4, 0.5) is 5.69 Å². The average Bonchev–Trinajstić information content (AvgIpc) is 3.05. The van der Waals surface area contributed by atoms with Gasteiger partial charge in [-0.2, -0.15) is 5.10 Å². The third-order valence-electron chi connectivity index (χ3n) is 4.70. The highest BCUT2D eigenvalue weighted by Gasteiger charge is 2.34. The van der Waals surface area contributed by atoms with Crippen molar-refractivity contribution in [1.29, 1.82) is 0 Å². The van der Waals surface area contributed by atoms with Gasteiger partial charge in [0.1, 0.15) is 0 Å². The third kappa shape index (κ3) is 4.40. The van der Waals surface area contributed by atoms with E-state index < -0.39 is 26.3 Å². The summed E-state index contributed by atoms with van der Waals surface area (Å²) < 4.78 is 33.8. The molecular weight excluding hydrogens is 434 g/mol. The van der Waals surface area contributed by atoms with E-state index in [1.54, 1.807) is 32.9 Å². The van der Waals surface area contributed by atoms with Crippen LogP contribution in [0.5, 0.6) is 5.88 Å². The van der Waals surface area contributed by atoms with E-state index in [0.717, 1.165) is 5.56 Å². The van der Waals surface area contributed by atoms with E-state index in [9.17, 15) is 23.3 Å². The van der Waals surface area contributed by atoms with Crippen LogP contribution >= 0.6 is 0 Å². The van der Waals surface area contributed by atoms with E-state index in [1.807, 2.05) is 6.92 Å². The van der Waals surface area contributed by atoms with Gasteiger partial charge >= 0.3 is 5.97 Å². The van der Waals surface area contributed by atoms with E-state index in [0.29, 0.717) is 0 Å². The molecule has 0 saturated carbocycles. The van der Waals surface area contributed by atoms with Crippen LogP contribution in [0.25, 0.3) is 0 Å². The highest BCUT2D eigenvalue weighted by atomic mass is 32.2. The van der Waals surface area contributed by atoms with Gasteiger partial charge in [0.25, 0.3) is 5.69 Å². The topological polar surface area (TPSA) is 121 Å². The second kappa shape index (κ2) is 8.19. The molecule has 1 aromatic heterocycles. The van der Waals surface area contributed by atoms with Crippen LogP contribution in [0.2, 0.25) is 0 Å². The number of nitro groups is 1. The summed E-state index contributed by atoms with van der Waals surface area (Å²) in [5, 5.41) is 15.2. The lowest BCUT2D eigenvalue weighted by atomic mass is 10.1. The normalized spacial score (nSPS) is 11.9. The monoisotopic (exact) mass is 457 g/mol. The second-order valence-electron chi connectivity index (χ2n) is 8.31. The van der Waals surface area contributed by atoms with E-state index in [1.165, 1.54) is 48.0 Å². The Morgan fingerprint density at radius 2 is 1.59 bits per heavy atom. The number of nitro benzene ring substituents is 1. The van der Waals surface area contributed by atoms with Crippen molar-refractivity contribution in [3.05, 3.63) is 75.5 Å². The molecule has 0 atom stereocenters. The van der Waals surface area contributed by atoms with E-state index in [-0.39, 0.29) is 32.6 Å². The molecule has 3 rings (SSSR count). The smallest absolute Gasteiger partial charge is 0.344 e. The number of ether oxygens (including phenoxy) is 1. The SMILES string of the molecule is Cc1ccc(S(=O)(=O)c2c(C)nn(C(C)(C)C)c2OC(=O)c2ccc([N+](=O)[O-])cc2)cc1. The van der Waals surface area contributed by atoms with Gasteiger partial charge in [-0.15, -0.1) is 0 Å². The number of hydrogen-bond donors (Lipinski definition) is 0. The minimum absolute atomic E-state index is 0.0357. The van der Waals surface area contributed by atoms with Gasteiger partial charge in [-0.1, -0.05) is 17.7 Å². The fourth-order valence-electron chi connectivity index (χ4n) is 3.05. The maximum Gasteiger partial charge on any atom is 0.344 e. The predicted molar refractivity (Wildman–Crippen MR) is 117 cm³/mol. The van der Waals surface area contributed by atoms with E-state index >= 15 is 0 Å². The van der Waals surface area contributed by atoms with Gasteiger partial charge in [0.05, 0.1) is 26.6 Å². The van der Waals surface area contributed by atoms with Crippen molar-refractivity contribution in [2.75, 3.05) is 0 Å². The lowest BCUT2D eigenvalue weighted by Crippen LogP contribution is -2.26. The highest BCUT2D eigenvalue weighted by molar-refractivity contribution is 7.91. The largest absolute Gasteiger partial charge is 0.403 e. The number of aryl methyl sites for hydroxylation is 2. The fourth-order valence-corrected chi connectivity index (χ4v) is 4.56. The number of carbonyl (C=O) groups is 1. The highest BCUT2D eigenvalue weighted by Crippen LogP contribution is 2.36. The molecule has 168 valence electrons. The Labute approximate surface area is 185 Å². The van der Waals surface area contributed by atoms with Crippen molar-refractivity contribution < 1.29 is 22.9 Å². The molecule has 0 N–H and O–H groups in total. The van der Waals surface area contributed by atoms with Crippen molar-refractivity contribution in [3.63, 3.8) is 0 Å². The standard InChI is InChI=1S/C22H23N3O6S/c1-14-6-12-18(13-7-14)32(29,30)19-15(2)23-24(22(3,4)5)20(19)31-21(26)16-8-10-17(11-9-16)25(27)28/h6-13H,1-5H3. The van der Waals surface area contributed by atoms with Crippen LogP contribution in [-0.2, 0) is 15.4 Å². The molecule has 0 fully saturated rings. The van der Waals surface area contributed by atoms with Crippen molar-refractivity contribution in [2.45, 2.75) is 49.9 Å². The summed E-state index contributed by atoms with van der Waals surface area (Å²) in [4.78, 5) is 22.9. The number of aromatic nitrogens is 2. The Hall–Kier alpha value is -3.53. The van der Waals surface area contributed by atoms with Crippen LogP contribution in [-0.4, -0.2) is 29.1 Å². The second-order valence-corrected chi connectivity index (χ2v) is 10.2. The summed E-state index contributed by atoms with van der Waals surface area (Å²) in [7, 11) is -4.05. The van der Waals surface area contributed by atoms with E-state index in [4.69, 9.17) is 4.74 Å². The number of nitrogens with zero attached hydrogens (tertiary/aromatic N) is 3. The van der Waals surface area contributed by atoms with Gasteiger partial charge in [0.2, 0.25) is 15.7 Å². The summed E-state index contributed by atoms with van der Waals surface area (Å²) in [5.74, 6) is -1.07. The van der Waals surface area contributed by atoms with Gasteiger partial charge in [-0.25, -0.2) is 17.9 Å². The molecule has 0 aliphatic rings. The molecule has 0 spiro atoms. The Morgan fingerprint density at radius 1 is 1.03 bits per heavy atom. The zero-order valence-electron chi connectivity index (χ0n) is 18.3. The van der Waals surface area contributed by atoms with Crippen LogP contribution in [0.15, 0.2) is 58.3 Å². The summed E-state index contributed by atoms with van der Waals surface area (Å²) in [6.45, 7) is 8.77. The van der Waals surface area contributed by atoms with Crippen LogP contribution in [0.3, 0.4) is 0 Å². The first-order chi connectivity index (χ1) is 14.8. The molecule has 0 unspecified atom stereocenters. The minimum atomic E-state index is -4.05. The zero-order valence-corrected chi connectivity index (χ0v) is 19.1. The van der Waals surface area contributed by atoms with Crippen molar-refractivity contribution >= 4 is 21.5 Å². The number of esters is 1. The number of rotatable bonds is 5. The molecule has 0 radical (unpaired) electrons. The fraction of sp³-hybridized carbons (Fsp3) is 0.273. The third-order valence-corrected chi connectivity index (χ3v) is 6.60. The molecule has 1 heterocycles. The lowest BCUT2D eigenvalue weighted by molar-refractivity contribution is -0.384. The van der Waals surface area contributed by atoms with Gasteiger partial charge < -0.3 is 4.74 Å². The van der Waals surface area contributed by atoms with Crippen molar-refractivity contribution in [2.24, 2.45) is 0 Å². The first-order valence-corrected chi connectivity index (χ1v) is 11.2.